The second-order valence-corrected chi connectivity index (χ2v) is 12.3. The summed E-state index contributed by atoms with van der Waals surface area (Å²) in [5.74, 6) is -0.134. The number of rotatable bonds is 7. The Morgan fingerprint density at radius 3 is 2.38 bits per heavy atom. The van der Waals surface area contributed by atoms with Gasteiger partial charge in [-0.25, -0.2) is 0 Å². The Morgan fingerprint density at radius 2 is 1.76 bits per heavy atom. The zero-order valence-corrected chi connectivity index (χ0v) is 21.6. The number of carbonyl (C=O) groups is 1. The zero-order chi connectivity index (χ0) is 24.9. The van der Waals surface area contributed by atoms with Crippen LogP contribution in [0.15, 0.2) is 12.2 Å². The molecule has 4 saturated heterocycles. The molecule has 0 aromatic rings. The molecule has 7 heteroatoms. The summed E-state index contributed by atoms with van der Waals surface area (Å²) in [4.78, 5) is 11.7. The van der Waals surface area contributed by atoms with E-state index in [1.807, 2.05) is 13.8 Å². The van der Waals surface area contributed by atoms with Crippen molar-refractivity contribution in [2.24, 2.45) is 0 Å². The molecule has 0 amide bonds. The molecule has 0 aromatic carbocycles. The molecular formula is C27H44O7. The molecule has 0 spiro atoms. The van der Waals surface area contributed by atoms with Gasteiger partial charge in [0.05, 0.1) is 47.3 Å². The molecule has 4 fully saturated rings. The number of hydrogen-bond donors (Lipinski definition) is 2. The van der Waals surface area contributed by atoms with Crippen molar-refractivity contribution in [2.45, 2.75) is 152 Å². The first kappa shape index (κ1) is 26.1. The van der Waals surface area contributed by atoms with Crippen LogP contribution in [-0.2, 0) is 23.7 Å². The summed E-state index contributed by atoms with van der Waals surface area (Å²) in [5, 5.41) is 21.2. The Morgan fingerprint density at radius 1 is 1.06 bits per heavy atom. The van der Waals surface area contributed by atoms with Crippen molar-refractivity contribution in [3.8, 4) is 0 Å². The summed E-state index contributed by atoms with van der Waals surface area (Å²) in [6.07, 6.45) is 6.13. The number of esters is 1. The van der Waals surface area contributed by atoms with Crippen LogP contribution in [0.25, 0.3) is 0 Å². The first-order valence-electron chi connectivity index (χ1n) is 13.1. The van der Waals surface area contributed by atoms with E-state index in [0.717, 1.165) is 44.1 Å². The van der Waals surface area contributed by atoms with Crippen molar-refractivity contribution in [2.75, 3.05) is 0 Å². The Bertz CT molecular complexity index is 790. The molecule has 4 heterocycles. The smallest absolute Gasteiger partial charge is 0.306 e. The van der Waals surface area contributed by atoms with Crippen molar-refractivity contribution in [1.82, 2.24) is 0 Å². The fourth-order valence-corrected chi connectivity index (χ4v) is 6.25. The number of carbonyl (C=O) groups excluding carboxylic acids is 1. The minimum Gasteiger partial charge on any atom is -0.457 e. The van der Waals surface area contributed by atoms with E-state index in [1.54, 1.807) is 13.8 Å². The Kier molecular flexibility index (Phi) is 7.02. The van der Waals surface area contributed by atoms with Crippen LogP contribution in [0, 0.1) is 0 Å². The highest BCUT2D eigenvalue weighted by molar-refractivity contribution is 5.72. The number of cyclic esters (lactones) is 1. The predicted octanol–water partition coefficient (Wildman–Crippen LogP) is 3.97. The lowest BCUT2D eigenvalue weighted by Crippen LogP contribution is -2.58. The molecule has 2 N–H and O–H groups in total. The topological polar surface area (TPSA) is 94.5 Å². The quantitative estimate of drug-likeness (QED) is 0.420. The van der Waals surface area contributed by atoms with Gasteiger partial charge in [-0.15, -0.1) is 0 Å². The Labute approximate surface area is 204 Å². The van der Waals surface area contributed by atoms with Gasteiger partial charge in [-0.1, -0.05) is 6.58 Å². The summed E-state index contributed by atoms with van der Waals surface area (Å²) in [7, 11) is 0. The average Bonchev–Trinajstić information content (AvgIpc) is 3.34. The minimum atomic E-state index is -0.916. The Hall–Kier alpha value is -0.990. The maximum atomic E-state index is 11.7. The van der Waals surface area contributed by atoms with E-state index >= 15 is 0 Å². The van der Waals surface area contributed by atoms with Crippen LogP contribution in [0.4, 0.5) is 0 Å². The number of ether oxygens (including phenoxy) is 4. The van der Waals surface area contributed by atoms with Gasteiger partial charge in [0.2, 0.25) is 0 Å². The average molecular weight is 481 g/mol. The Balaban J connectivity index is 1.28. The molecule has 0 radical (unpaired) electrons. The van der Waals surface area contributed by atoms with Gasteiger partial charge in [-0.05, 0) is 98.0 Å². The van der Waals surface area contributed by atoms with E-state index in [0.29, 0.717) is 25.7 Å². The van der Waals surface area contributed by atoms with E-state index < -0.39 is 22.9 Å². The van der Waals surface area contributed by atoms with Crippen molar-refractivity contribution in [3.63, 3.8) is 0 Å². The molecule has 4 aliphatic rings. The zero-order valence-electron chi connectivity index (χ0n) is 21.6. The molecule has 0 bridgehead atoms. The second-order valence-electron chi connectivity index (χ2n) is 12.3. The lowest BCUT2D eigenvalue weighted by Gasteiger charge is -2.51. The van der Waals surface area contributed by atoms with Gasteiger partial charge >= 0.3 is 5.97 Å². The molecule has 4 aliphatic heterocycles. The van der Waals surface area contributed by atoms with Crippen LogP contribution in [0.5, 0.6) is 0 Å². The van der Waals surface area contributed by atoms with Gasteiger partial charge in [-0.2, -0.15) is 0 Å². The monoisotopic (exact) mass is 480 g/mol. The van der Waals surface area contributed by atoms with Crippen LogP contribution in [-0.4, -0.2) is 69.1 Å². The maximum absolute atomic E-state index is 11.7. The SMILES string of the molecule is C=C(CC[C@H](O)C1(C)CC[C@H](C(C)(C)O)O1)C1CCC2OC([C@]3(C)CCC(=O)O3)CC[C@]2(C)O1. The number of fused-ring (bicyclic) bond motifs is 1. The normalized spacial score (nSPS) is 43.9. The highest BCUT2D eigenvalue weighted by Crippen LogP contribution is 2.46. The summed E-state index contributed by atoms with van der Waals surface area (Å²) < 4.78 is 24.8. The van der Waals surface area contributed by atoms with Gasteiger partial charge in [0.25, 0.3) is 0 Å². The van der Waals surface area contributed by atoms with E-state index in [-0.39, 0.29) is 36.0 Å². The summed E-state index contributed by atoms with van der Waals surface area (Å²) in [6, 6.07) is 0. The summed E-state index contributed by atoms with van der Waals surface area (Å²) in [5.41, 5.74) is -1.49. The summed E-state index contributed by atoms with van der Waals surface area (Å²) >= 11 is 0. The summed E-state index contributed by atoms with van der Waals surface area (Å²) in [6.45, 7) is 13.9. The van der Waals surface area contributed by atoms with E-state index in [4.69, 9.17) is 18.9 Å². The van der Waals surface area contributed by atoms with Gasteiger partial charge in [0, 0.05) is 6.42 Å². The lowest BCUT2D eigenvalue weighted by atomic mass is 9.78. The van der Waals surface area contributed by atoms with E-state index in [1.165, 1.54) is 0 Å². The molecule has 0 saturated carbocycles. The molecule has 4 unspecified atom stereocenters. The fourth-order valence-electron chi connectivity index (χ4n) is 6.25. The van der Waals surface area contributed by atoms with Crippen LogP contribution >= 0.6 is 0 Å². The second kappa shape index (κ2) is 9.15. The first-order chi connectivity index (χ1) is 15.7. The standard InChI is InChI=1S/C27H44O7/c1-17(7-9-19(28)25(4)14-11-20(33-25)24(2,3)30)18-8-10-21-26(5,32-18)15-12-22(31-21)27(6)16-13-23(29)34-27/h18-22,28,30H,1,7-16H2,2-6H3/t18?,19-,20+,21?,22?,25?,26-,27-/m0/s1. The molecule has 7 nitrogen and oxygen atoms in total. The highest BCUT2D eigenvalue weighted by Gasteiger charge is 2.53. The highest BCUT2D eigenvalue weighted by atomic mass is 16.6. The first-order valence-corrected chi connectivity index (χ1v) is 13.1. The number of aliphatic hydroxyl groups excluding tert-OH is 1. The molecule has 0 aliphatic carbocycles. The molecule has 0 aromatic heterocycles. The van der Waals surface area contributed by atoms with Gasteiger partial charge in [-0.3, -0.25) is 4.79 Å². The third-order valence-electron chi connectivity index (χ3n) is 8.87. The van der Waals surface area contributed by atoms with Crippen LogP contribution in [0.3, 0.4) is 0 Å². The lowest BCUT2D eigenvalue weighted by molar-refractivity contribution is -0.257. The van der Waals surface area contributed by atoms with Crippen molar-refractivity contribution in [1.29, 1.82) is 0 Å². The molecular weight excluding hydrogens is 436 g/mol. The third kappa shape index (κ3) is 5.10. The predicted molar refractivity (Wildman–Crippen MR) is 127 cm³/mol. The molecule has 8 atom stereocenters. The van der Waals surface area contributed by atoms with Crippen molar-refractivity contribution >= 4 is 5.97 Å². The molecule has 194 valence electrons. The fraction of sp³-hybridized carbons (Fsp3) is 0.889. The largest absolute Gasteiger partial charge is 0.457 e. The van der Waals surface area contributed by atoms with Crippen LogP contribution in [0.1, 0.15) is 98.8 Å². The third-order valence-corrected chi connectivity index (χ3v) is 8.87. The van der Waals surface area contributed by atoms with Gasteiger partial charge in [0.15, 0.2) is 0 Å². The molecule has 34 heavy (non-hydrogen) atoms. The van der Waals surface area contributed by atoms with Crippen molar-refractivity contribution in [3.05, 3.63) is 12.2 Å². The van der Waals surface area contributed by atoms with Gasteiger partial charge < -0.3 is 29.2 Å². The molecule has 4 rings (SSSR count). The minimum absolute atomic E-state index is 0.0263. The van der Waals surface area contributed by atoms with Crippen LogP contribution in [0.2, 0.25) is 0 Å². The maximum Gasteiger partial charge on any atom is 0.306 e. The number of aliphatic hydroxyl groups is 2. The van der Waals surface area contributed by atoms with Gasteiger partial charge in [0.1, 0.15) is 5.60 Å². The number of hydrogen-bond acceptors (Lipinski definition) is 7. The van der Waals surface area contributed by atoms with E-state index in [2.05, 4.69) is 13.5 Å². The van der Waals surface area contributed by atoms with Crippen LogP contribution < -0.4 is 0 Å². The van der Waals surface area contributed by atoms with E-state index in [9.17, 15) is 15.0 Å². The van der Waals surface area contributed by atoms with Crippen molar-refractivity contribution < 1.29 is 34.0 Å².